The summed E-state index contributed by atoms with van der Waals surface area (Å²) in [5.74, 6) is -0.354. The van der Waals surface area contributed by atoms with E-state index < -0.39 is 0 Å². The molecule has 0 aliphatic rings. The molecule has 68 valence electrons. The number of amides is 2. The van der Waals surface area contributed by atoms with Crippen LogP contribution in [0, 0.1) is 0 Å². The first kappa shape index (κ1) is 10.9. The molecule has 2 amide bonds. The van der Waals surface area contributed by atoms with E-state index in [1.807, 2.05) is 0 Å². The molecule has 0 saturated carbocycles. The molecular weight excluding hydrogens is 154 g/mol. The van der Waals surface area contributed by atoms with Gasteiger partial charge in [0.1, 0.15) is 0 Å². The smallest absolute Gasteiger partial charge is 0.252 e. The lowest BCUT2D eigenvalue weighted by Crippen LogP contribution is -2.34. The Morgan fingerprint density at radius 3 is 2.25 bits per heavy atom. The van der Waals surface area contributed by atoms with Crippen molar-refractivity contribution in [2.45, 2.75) is 27.2 Å². The number of carbonyl (C=O) groups is 2. The summed E-state index contributed by atoms with van der Waals surface area (Å²) in [5.41, 5.74) is 0. The first-order chi connectivity index (χ1) is 5.67. The highest BCUT2D eigenvalue weighted by Gasteiger charge is 2.14. The van der Waals surface area contributed by atoms with Crippen molar-refractivity contribution >= 4 is 11.8 Å². The summed E-state index contributed by atoms with van der Waals surface area (Å²) in [5, 5.41) is 0. The summed E-state index contributed by atoms with van der Waals surface area (Å²) in [4.78, 5) is 23.6. The Labute approximate surface area is 73.1 Å². The first-order valence-corrected chi connectivity index (χ1v) is 4.14. The van der Waals surface area contributed by atoms with Crippen molar-refractivity contribution in [3.05, 3.63) is 12.2 Å². The minimum atomic E-state index is -0.230. The molecule has 0 aromatic heterocycles. The molecule has 3 heteroatoms. The van der Waals surface area contributed by atoms with Crippen LogP contribution in [0.1, 0.15) is 27.2 Å². The van der Waals surface area contributed by atoms with Gasteiger partial charge < -0.3 is 0 Å². The molecule has 3 nitrogen and oxygen atoms in total. The number of carbonyl (C=O) groups excluding carboxylic acids is 2. The third kappa shape index (κ3) is 2.86. The average Bonchev–Trinajstić information content (AvgIpc) is 2.06. The van der Waals surface area contributed by atoms with Gasteiger partial charge in [-0.1, -0.05) is 13.0 Å². The van der Waals surface area contributed by atoms with Crippen LogP contribution in [0.25, 0.3) is 0 Å². The van der Waals surface area contributed by atoms with Crippen molar-refractivity contribution in [3.8, 4) is 0 Å². The van der Waals surface area contributed by atoms with Crippen molar-refractivity contribution < 1.29 is 9.59 Å². The molecule has 0 rings (SSSR count). The SMILES string of the molecule is C/C=C/C(=O)N(CC)C(=O)CC. The van der Waals surface area contributed by atoms with Crippen LogP contribution in [-0.2, 0) is 9.59 Å². The quantitative estimate of drug-likeness (QED) is 0.598. The maximum atomic E-state index is 11.2. The normalized spacial score (nSPS) is 10.2. The van der Waals surface area contributed by atoms with Gasteiger partial charge in [0, 0.05) is 13.0 Å². The largest absolute Gasteiger partial charge is 0.279 e. The highest BCUT2D eigenvalue weighted by Crippen LogP contribution is 1.95. The van der Waals surface area contributed by atoms with E-state index in [2.05, 4.69) is 0 Å². The van der Waals surface area contributed by atoms with Gasteiger partial charge in [0.15, 0.2) is 0 Å². The second kappa shape index (κ2) is 5.52. The van der Waals surface area contributed by atoms with E-state index in [4.69, 9.17) is 0 Å². The number of likely N-dealkylation sites (N-methyl/N-ethyl adjacent to an activating group) is 1. The summed E-state index contributed by atoms with van der Waals surface area (Å²) in [6.07, 6.45) is 3.40. The van der Waals surface area contributed by atoms with Crippen LogP contribution in [0.15, 0.2) is 12.2 Å². The fourth-order valence-electron chi connectivity index (χ4n) is 0.879. The fourth-order valence-corrected chi connectivity index (χ4v) is 0.879. The van der Waals surface area contributed by atoms with Crippen LogP contribution < -0.4 is 0 Å². The van der Waals surface area contributed by atoms with E-state index in [-0.39, 0.29) is 11.8 Å². The highest BCUT2D eigenvalue weighted by atomic mass is 16.2. The van der Waals surface area contributed by atoms with Crippen LogP contribution >= 0.6 is 0 Å². The standard InChI is InChI=1S/C9H15NO2/c1-4-7-9(12)10(6-3)8(11)5-2/h4,7H,5-6H2,1-3H3/b7-4+. The summed E-state index contributed by atoms with van der Waals surface area (Å²) in [6.45, 7) is 5.72. The Hall–Kier alpha value is -1.12. The molecule has 0 spiro atoms. The number of hydrogen-bond donors (Lipinski definition) is 0. The number of rotatable bonds is 3. The number of imide groups is 1. The number of allylic oxidation sites excluding steroid dienone is 1. The van der Waals surface area contributed by atoms with Crippen LogP contribution in [0.3, 0.4) is 0 Å². The van der Waals surface area contributed by atoms with Crippen LogP contribution in [0.2, 0.25) is 0 Å². The second-order valence-electron chi connectivity index (χ2n) is 2.33. The molecule has 0 aliphatic carbocycles. The lowest BCUT2D eigenvalue weighted by atomic mass is 10.3. The predicted octanol–water partition coefficient (Wildman–Crippen LogP) is 1.35. The topological polar surface area (TPSA) is 37.4 Å². The molecule has 0 heterocycles. The zero-order chi connectivity index (χ0) is 9.56. The Morgan fingerprint density at radius 2 is 1.92 bits per heavy atom. The molecule has 0 radical (unpaired) electrons. The maximum Gasteiger partial charge on any atom is 0.252 e. The van der Waals surface area contributed by atoms with Gasteiger partial charge in [-0.15, -0.1) is 0 Å². The third-order valence-corrected chi connectivity index (χ3v) is 1.50. The van der Waals surface area contributed by atoms with Gasteiger partial charge in [0.25, 0.3) is 5.91 Å². The van der Waals surface area contributed by atoms with Gasteiger partial charge >= 0.3 is 0 Å². The zero-order valence-electron chi connectivity index (χ0n) is 7.83. The van der Waals surface area contributed by atoms with Crippen LogP contribution in [-0.4, -0.2) is 23.3 Å². The molecule has 0 N–H and O–H groups in total. The van der Waals surface area contributed by atoms with Gasteiger partial charge in [0.05, 0.1) is 0 Å². The fraction of sp³-hybridized carbons (Fsp3) is 0.556. The Balaban J connectivity index is 4.34. The van der Waals surface area contributed by atoms with Gasteiger partial charge in [-0.05, 0) is 19.9 Å². The molecule has 0 aromatic carbocycles. The minimum Gasteiger partial charge on any atom is -0.279 e. The summed E-state index contributed by atoms with van der Waals surface area (Å²) in [6, 6.07) is 0. The predicted molar refractivity (Wildman–Crippen MR) is 47.5 cm³/mol. The van der Waals surface area contributed by atoms with E-state index in [1.54, 1.807) is 26.8 Å². The molecule has 0 atom stereocenters. The van der Waals surface area contributed by atoms with Crippen LogP contribution in [0.5, 0.6) is 0 Å². The van der Waals surface area contributed by atoms with Gasteiger partial charge in [-0.3, -0.25) is 14.5 Å². The monoisotopic (exact) mass is 169 g/mol. The Morgan fingerprint density at radius 1 is 1.33 bits per heavy atom. The van der Waals surface area contributed by atoms with E-state index in [0.29, 0.717) is 13.0 Å². The summed E-state index contributed by atoms with van der Waals surface area (Å²) >= 11 is 0. The average molecular weight is 169 g/mol. The third-order valence-electron chi connectivity index (χ3n) is 1.50. The van der Waals surface area contributed by atoms with Crippen molar-refractivity contribution in [2.75, 3.05) is 6.54 Å². The maximum absolute atomic E-state index is 11.2. The van der Waals surface area contributed by atoms with Crippen molar-refractivity contribution in [1.29, 1.82) is 0 Å². The molecule has 0 aliphatic heterocycles. The Bertz CT molecular complexity index is 197. The van der Waals surface area contributed by atoms with Gasteiger partial charge in [-0.25, -0.2) is 0 Å². The summed E-state index contributed by atoms with van der Waals surface area (Å²) in [7, 11) is 0. The lowest BCUT2D eigenvalue weighted by Gasteiger charge is -2.15. The van der Waals surface area contributed by atoms with E-state index in [9.17, 15) is 9.59 Å². The van der Waals surface area contributed by atoms with E-state index >= 15 is 0 Å². The molecule has 0 bridgehead atoms. The molecule has 0 fully saturated rings. The number of hydrogen-bond acceptors (Lipinski definition) is 2. The van der Waals surface area contributed by atoms with Gasteiger partial charge in [-0.2, -0.15) is 0 Å². The first-order valence-electron chi connectivity index (χ1n) is 4.14. The molecule has 0 saturated heterocycles. The minimum absolute atomic E-state index is 0.124. The van der Waals surface area contributed by atoms with Crippen molar-refractivity contribution in [2.24, 2.45) is 0 Å². The second-order valence-corrected chi connectivity index (χ2v) is 2.33. The lowest BCUT2D eigenvalue weighted by molar-refractivity contribution is -0.141. The number of nitrogens with zero attached hydrogens (tertiary/aromatic N) is 1. The molecular formula is C9H15NO2. The van der Waals surface area contributed by atoms with Gasteiger partial charge in [0.2, 0.25) is 5.91 Å². The Kier molecular flexibility index (Phi) is 5.00. The molecule has 0 aromatic rings. The van der Waals surface area contributed by atoms with E-state index in [0.717, 1.165) is 0 Å². The zero-order valence-corrected chi connectivity index (χ0v) is 7.83. The van der Waals surface area contributed by atoms with Crippen molar-refractivity contribution in [3.63, 3.8) is 0 Å². The van der Waals surface area contributed by atoms with Crippen LogP contribution in [0.4, 0.5) is 0 Å². The van der Waals surface area contributed by atoms with E-state index in [1.165, 1.54) is 11.0 Å². The molecule has 0 unspecified atom stereocenters. The summed E-state index contributed by atoms with van der Waals surface area (Å²) < 4.78 is 0. The van der Waals surface area contributed by atoms with Crippen molar-refractivity contribution in [1.82, 2.24) is 4.90 Å². The molecule has 12 heavy (non-hydrogen) atoms. The highest BCUT2D eigenvalue weighted by molar-refractivity contribution is 6.00.